The molecule has 0 aromatic heterocycles. The lowest BCUT2D eigenvalue weighted by molar-refractivity contribution is -0.177. The summed E-state index contributed by atoms with van der Waals surface area (Å²) in [5.41, 5.74) is 1.45. The highest BCUT2D eigenvalue weighted by molar-refractivity contribution is 5.16. The van der Waals surface area contributed by atoms with Gasteiger partial charge >= 0.3 is 0 Å². The van der Waals surface area contributed by atoms with Gasteiger partial charge in [-0.25, -0.2) is 0 Å². The molecule has 0 amide bonds. The molecule has 3 nitrogen and oxygen atoms in total. The van der Waals surface area contributed by atoms with Gasteiger partial charge in [0.15, 0.2) is 0 Å². The van der Waals surface area contributed by atoms with Crippen molar-refractivity contribution < 1.29 is 9.84 Å². The second-order valence-electron chi connectivity index (χ2n) is 5.27. The van der Waals surface area contributed by atoms with Crippen LogP contribution in [-0.2, 0) is 11.3 Å². The van der Waals surface area contributed by atoms with Crippen LogP contribution in [0.4, 0.5) is 0 Å². The van der Waals surface area contributed by atoms with E-state index in [2.05, 4.69) is 29.2 Å². The minimum Gasteiger partial charge on any atom is -0.393 e. The third kappa shape index (κ3) is 2.10. The summed E-state index contributed by atoms with van der Waals surface area (Å²) in [7, 11) is 0. The van der Waals surface area contributed by atoms with Crippen molar-refractivity contribution in [3.63, 3.8) is 0 Å². The van der Waals surface area contributed by atoms with Crippen molar-refractivity contribution in [2.24, 2.45) is 0 Å². The average molecular weight is 233 g/mol. The minimum absolute atomic E-state index is 0.105. The number of hydrogen-bond donors (Lipinski definition) is 1. The van der Waals surface area contributed by atoms with Gasteiger partial charge in [0.05, 0.1) is 24.9 Å². The van der Waals surface area contributed by atoms with Crippen LogP contribution in [0.2, 0.25) is 0 Å². The molecule has 1 aromatic carbocycles. The molecule has 92 valence electrons. The van der Waals surface area contributed by atoms with E-state index in [9.17, 15) is 5.11 Å². The first-order valence-electron chi connectivity index (χ1n) is 6.33. The van der Waals surface area contributed by atoms with E-state index in [1.807, 2.05) is 6.07 Å². The van der Waals surface area contributed by atoms with Crippen LogP contribution in [0.3, 0.4) is 0 Å². The van der Waals surface area contributed by atoms with Crippen molar-refractivity contribution in [1.29, 1.82) is 0 Å². The Bertz CT molecular complexity index is 375. The lowest BCUT2D eigenvalue weighted by Crippen LogP contribution is -2.65. The van der Waals surface area contributed by atoms with E-state index in [1.54, 1.807) is 0 Å². The van der Waals surface area contributed by atoms with Crippen LogP contribution in [0, 0.1) is 0 Å². The van der Waals surface area contributed by atoms with Crippen molar-refractivity contribution in [1.82, 2.24) is 4.90 Å². The van der Waals surface area contributed by atoms with E-state index < -0.39 is 0 Å². The van der Waals surface area contributed by atoms with Gasteiger partial charge in [-0.05, 0) is 18.4 Å². The van der Waals surface area contributed by atoms with Crippen molar-refractivity contribution in [3.8, 4) is 0 Å². The second kappa shape index (κ2) is 4.41. The third-order valence-corrected chi connectivity index (χ3v) is 3.98. The van der Waals surface area contributed by atoms with E-state index >= 15 is 0 Å². The van der Waals surface area contributed by atoms with Gasteiger partial charge in [-0.3, -0.25) is 4.90 Å². The molecule has 2 aliphatic heterocycles. The predicted octanol–water partition coefficient (Wildman–Crippen LogP) is 1.41. The van der Waals surface area contributed by atoms with E-state index in [0.717, 1.165) is 39.1 Å². The number of aliphatic hydroxyl groups is 1. The zero-order valence-electron chi connectivity index (χ0n) is 10.0. The van der Waals surface area contributed by atoms with E-state index in [0.29, 0.717) is 0 Å². The van der Waals surface area contributed by atoms with Gasteiger partial charge in [0.25, 0.3) is 0 Å². The quantitative estimate of drug-likeness (QED) is 0.838. The average Bonchev–Trinajstić information content (AvgIpc) is 2.31. The monoisotopic (exact) mass is 233 g/mol. The third-order valence-electron chi connectivity index (χ3n) is 3.98. The van der Waals surface area contributed by atoms with Crippen LogP contribution in [0.1, 0.15) is 18.4 Å². The summed E-state index contributed by atoms with van der Waals surface area (Å²) in [6.45, 7) is 3.49. The lowest BCUT2D eigenvalue weighted by atomic mass is 9.83. The Balaban J connectivity index is 1.73. The summed E-state index contributed by atoms with van der Waals surface area (Å²) in [5, 5.41) is 9.81. The Hall–Kier alpha value is -0.900. The molecular formula is C14H19NO2. The summed E-state index contributed by atoms with van der Waals surface area (Å²) >= 11 is 0. The molecule has 2 fully saturated rings. The molecule has 0 bridgehead atoms. The maximum absolute atomic E-state index is 9.81. The largest absolute Gasteiger partial charge is 0.393 e. The molecule has 0 unspecified atom stereocenters. The second-order valence-corrected chi connectivity index (χ2v) is 5.27. The van der Waals surface area contributed by atoms with Crippen LogP contribution < -0.4 is 0 Å². The Morgan fingerprint density at radius 2 is 2.06 bits per heavy atom. The number of piperidine rings is 1. The summed E-state index contributed by atoms with van der Waals surface area (Å²) < 4.78 is 5.38. The van der Waals surface area contributed by atoms with Gasteiger partial charge in [-0.15, -0.1) is 0 Å². The van der Waals surface area contributed by atoms with Gasteiger partial charge in [0.1, 0.15) is 0 Å². The maximum Gasteiger partial charge on any atom is 0.0706 e. The molecule has 1 atom stereocenters. The van der Waals surface area contributed by atoms with Gasteiger partial charge in [0, 0.05) is 13.1 Å². The highest BCUT2D eigenvalue weighted by atomic mass is 16.5. The van der Waals surface area contributed by atoms with E-state index in [4.69, 9.17) is 4.74 Å². The molecule has 3 heteroatoms. The van der Waals surface area contributed by atoms with Gasteiger partial charge < -0.3 is 9.84 Å². The Labute approximate surface area is 102 Å². The van der Waals surface area contributed by atoms with Crippen LogP contribution in [0.25, 0.3) is 0 Å². The molecule has 1 aromatic rings. The number of ether oxygens (including phenoxy) is 1. The number of likely N-dealkylation sites (tertiary alicyclic amines) is 1. The fourth-order valence-corrected chi connectivity index (χ4v) is 2.90. The van der Waals surface area contributed by atoms with Crippen LogP contribution in [0.15, 0.2) is 30.3 Å². The minimum atomic E-state index is -0.147. The van der Waals surface area contributed by atoms with Crippen molar-refractivity contribution >= 4 is 0 Å². The first-order chi connectivity index (χ1) is 8.28. The molecular weight excluding hydrogens is 214 g/mol. The molecule has 0 radical (unpaired) electrons. The first kappa shape index (κ1) is 11.2. The number of benzene rings is 1. The molecule has 2 aliphatic rings. The van der Waals surface area contributed by atoms with Crippen LogP contribution >= 0.6 is 0 Å². The topological polar surface area (TPSA) is 32.7 Å². The van der Waals surface area contributed by atoms with Gasteiger partial charge in [-0.2, -0.15) is 0 Å². The number of nitrogens with zero attached hydrogens (tertiary/aromatic N) is 1. The zero-order chi connectivity index (χ0) is 11.7. The van der Waals surface area contributed by atoms with Crippen LogP contribution in [0.5, 0.6) is 0 Å². The summed E-state index contributed by atoms with van der Waals surface area (Å²) in [6.07, 6.45) is 1.60. The Morgan fingerprint density at radius 1 is 1.29 bits per heavy atom. The van der Waals surface area contributed by atoms with E-state index in [1.165, 1.54) is 5.56 Å². The van der Waals surface area contributed by atoms with Crippen LogP contribution in [-0.4, -0.2) is 41.4 Å². The molecule has 0 aliphatic carbocycles. The number of rotatable bonds is 2. The lowest BCUT2D eigenvalue weighted by Gasteiger charge is -2.53. The number of hydrogen-bond acceptors (Lipinski definition) is 3. The zero-order valence-corrected chi connectivity index (χ0v) is 10.0. The summed E-state index contributed by atoms with van der Waals surface area (Å²) in [4.78, 5) is 2.48. The summed E-state index contributed by atoms with van der Waals surface area (Å²) in [5.74, 6) is 0. The van der Waals surface area contributed by atoms with Gasteiger partial charge in [-0.1, -0.05) is 30.3 Å². The first-order valence-corrected chi connectivity index (χ1v) is 6.33. The molecule has 0 saturated carbocycles. The molecule has 17 heavy (non-hydrogen) atoms. The van der Waals surface area contributed by atoms with E-state index in [-0.39, 0.29) is 11.6 Å². The smallest absolute Gasteiger partial charge is 0.0706 e. The fraction of sp³-hybridized carbons (Fsp3) is 0.571. The Morgan fingerprint density at radius 3 is 2.71 bits per heavy atom. The molecule has 3 rings (SSSR count). The van der Waals surface area contributed by atoms with Crippen molar-refractivity contribution in [2.45, 2.75) is 31.0 Å². The highest BCUT2D eigenvalue weighted by Gasteiger charge is 2.47. The highest BCUT2D eigenvalue weighted by Crippen LogP contribution is 2.35. The normalized spacial score (nSPS) is 27.9. The fourth-order valence-electron chi connectivity index (χ4n) is 2.90. The molecule has 2 heterocycles. The molecule has 2 saturated heterocycles. The molecule has 1 spiro atoms. The van der Waals surface area contributed by atoms with Crippen molar-refractivity contribution in [3.05, 3.63) is 35.9 Å². The number of aliphatic hydroxyl groups excluding tert-OH is 1. The van der Waals surface area contributed by atoms with Gasteiger partial charge in [0.2, 0.25) is 0 Å². The SMILES string of the molecule is O[C@@H]1CCN(Cc2ccccc2)C2(COC2)C1. The summed E-state index contributed by atoms with van der Waals surface area (Å²) in [6, 6.07) is 10.5. The Kier molecular flexibility index (Phi) is 2.90. The maximum atomic E-state index is 9.81. The van der Waals surface area contributed by atoms with Crippen molar-refractivity contribution in [2.75, 3.05) is 19.8 Å². The standard InChI is InChI=1S/C14H19NO2/c16-13-6-7-15(14(8-13)10-17-11-14)9-12-4-2-1-3-5-12/h1-5,13,16H,6-11H2/t13-/m1/s1. The predicted molar refractivity (Wildman–Crippen MR) is 65.6 cm³/mol. The molecule has 1 N–H and O–H groups in total.